The predicted molar refractivity (Wildman–Crippen MR) is 106 cm³/mol. The maximum atomic E-state index is 5.48. The first kappa shape index (κ1) is 18.0. The lowest BCUT2D eigenvalue weighted by Gasteiger charge is -2.24. The highest BCUT2D eigenvalue weighted by Gasteiger charge is 2.41. The Labute approximate surface area is 166 Å². The maximum absolute atomic E-state index is 5.48. The summed E-state index contributed by atoms with van der Waals surface area (Å²) in [6.07, 6.45) is 5.40. The first-order valence-electron chi connectivity index (χ1n) is 10.6. The lowest BCUT2D eigenvalue weighted by Crippen LogP contribution is -2.29. The van der Waals surface area contributed by atoms with Crippen LogP contribution in [0, 0.1) is 11.8 Å². The van der Waals surface area contributed by atoms with Crippen molar-refractivity contribution in [3.05, 3.63) is 29.8 Å². The summed E-state index contributed by atoms with van der Waals surface area (Å²) >= 11 is 0. The zero-order chi connectivity index (χ0) is 19.3. The fourth-order valence-corrected chi connectivity index (χ4v) is 4.69. The first-order valence-corrected chi connectivity index (χ1v) is 10.6. The molecule has 0 N–H and O–H groups in total. The third-order valence-electron chi connectivity index (χ3n) is 6.61. The Morgan fingerprint density at radius 3 is 2.46 bits per heavy atom. The highest BCUT2D eigenvalue weighted by Crippen LogP contribution is 2.36. The third-order valence-corrected chi connectivity index (χ3v) is 6.61. The summed E-state index contributed by atoms with van der Waals surface area (Å²) in [5.74, 6) is 4.66. The van der Waals surface area contributed by atoms with E-state index in [2.05, 4.69) is 56.7 Å². The Bertz CT molecular complexity index is 825. The second-order valence-electron chi connectivity index (χ2n) is 9.81. The van der Waals surface area contributed by atoms with Crippen molar-refractivity contribution in [3.8, 4) is 0 Å². The van der Waals surface area contributed by atoms with Crippen molar-refractivity contribution in [1.82, 2.24) is 25.0 Å². The van der Waals surface area contributed by atoms with Gasteiger partial charge in [0.25, 0.3) is 0 Å². The normalized spacial score (nSPS) is 25.9. The Hall–Kier alpha value is -2.02. The standard InChI is InChI=1S/C21H30N6O/c1-21(2,3)17-7-19(23-13-22-17)27-10-15-8-26(9-16(15)11-27)12-18-24-20(28-25-18)14-5-4-6-14/h7,13-16H,4-6,8-12H2,1-3H3. The number of rotatable bonds is 4. The average Bonchev–Trinajstić information content (AvgIpc) is 3.28. The molecule has 2 aliphatic heterocycles. The van der Waals surface area contributed by atoms with E-state index in [0.29, 0.717) is 17.8 Å². The molecule has 2 saturated heterocycles. The van der Waals surface area contributed by atoms with Crippen LogP contribution < -0.4 is 4.90 Å². The van der Waals surface area contributed by atoms with Gasteiger partial charge >= 0.3 is 0 Å². The number of aromatic nitrogens is 4. The Balaban J connectivity index is 1.19. The number of anilines is 1. The monoisotopic (exact) mass is 382 g/mol. The molecule has 2 unspecified atom stereocenters. The SMILES string of the molecule is CC(C)(C)c1cc(N2CC3CN(Cc4noc(C5CCC5)n4)CC3C2)ncn1. The zero-order valence-electron chi connectivity index (χ0n) is 17.1. The summed E-state index contributed by atoms with van der Waals surface area (Å²) in [6.45, 7) is 11.8. The molecule has 0 radical (unpaired) electrons. The smallest absolute Gasteiger partial charge is 0.229 e. The molecule has 2 aromatic heterocycles. The van der Waals surface area contributed by atoms with Gasteiger partial charge in [-0.05, 0) is 24.7 Å². The minimum atomic E-state index is 0.0486. The van der Waals surface area contributed by atoms with Gasteiger partial charge < -0.3 is 9.42 Å². The Morgan fingerprint density at radius 1 is 1.07 bits per heavy atom. The summed E-state index contributed by atoms with van der Waals surface area (Å²) in [5.41, 5.74) is 1.16. The van der Waals surface area contributed by atoms with E-state index in [4.69, 9.17) is 4.52 Å². The molecule has 2 atom stereocenters. The van der Waals surface area contributed by atoms with E-state index in [1.165, 1.54) is 19.3 Å². The largest absolute Gasteiger partial charge is 0.356 e. The van der Waals surface area contributed by atoms with Crippen LogP contribution in [0.25, 0.3) is 0 Å². The van der Waals surface area contributed by atoms with Crippen LogP contribution in [0.5, 0.6) is 0 Å². The van der Waals surface area contributed by atoms with Crippen molar-refractivity contribution in [2.45, 2.75) is 57.9 Å². The molecule has 1 saturated carbocycles. The fraction of sp³-hybridized carbons (Fsp3) is 0.714. The van der Waals surface area contributed by atoms with Gasteiger partial charge in [0.2, 0.25) is 5.89 Å². The van der Waals surface area contributed by atoms with E-state index in [9.17, 15) is 0 Å². The van der Waals surface area contributed by atoms with Crippen molar-refractivity contribution in [2.24, 2.45) is 11.8 Å². The lowest BCUT2D eigenvalue weighted by molar-refractivity contribution is 0.278. The Morgan fingerprint density at radius 2 is 1.82 bits per heavy atom. The van der Waals surface area contributed by atoms with E-state index in [0.717, 1.165) is 56.0 Å². The van der Waals surface area contributed by atoms with Crippen LogP contribution in [0.15, 0.2) is 16.9 Å². The molecular weight excluding hydrogens is 352 g/mol. The second-order valence-corrected chi connectivity index (χ2v) is 9.81. The van der Waals surface area contributed by atoms with Gasteiger partial charge in [-0.2, -0.15) is 4.98 Å². The van der Waals surface area contributed by atoms with Gasteiger partial charge in [-0.25, -0.2) is 9.97 Å². The quantitative estimate of drug-likeness (QED) is 0.805. The predicted octanol–water partition coefficient (Wildman–Crippen LogP) is 2.99. The molecule has 0 spiro atoms. The van der Waals surface area contributed by atoms with Gasteiger partial charge in [-0.3, -0.25) is 4.90 Å². The molecule has 150 valence electrons. The van der Waals surface area contributed by atoms with Crippen LogP contribution in [0.2, 0.25) is 0 Å². The van der Waals surface area contributed by atoms with Gasteiger partial charge in [0, 0.05) is 43.6 Å². The van der Waals surface area contributed by atoms with Crippen LogP contribution in [0.3, 0.4) is 0 Å². The molecule has 3 fully saturated rings. The summed E-state index contributed by atoms with van der Waals surface area (Å²) in [7, 11) is 0. The van der Waals surface area contributed by atoms with E-state index in [1.54, 1.807) is 6.33 Å². The Kier molecular flexibility index (Phi) is 4.38. The molecule has 1 aliphatic carbocycles. The fourth-order valence-electron chi connectivity index (χ4n) is 4.69. The van der Waals surface area contributed by atoms with Crippen LogP contribution in [-0.4, -0.2) is 51.2 Å². The van der Waals surface area contributed by atoms with Gasteiger partial charge in [0.1, 0.15) is 12.1 Å². The van der Waals surface area contributed by atoms with Crippen molar-refractivity contribution in [1.29, 1.82) is 0 Å². The average molecular weight is 383 g/mol. The molecule has 7 nitrogen and oxygen atoms in total. The van der Waals surface area contributed by atoms with E-state index in [-0.39, 0.29) is 5.41 Å². The summed E-state index contributed by atoms with van der Waals surface area (Å²) in [4.78, 5) is 18.6. The van der Waals surface area contributed by atoms with E-state index < -0.39 is 0 Å². The maximum Gasteiger partial charge on any atom is 0.229 e. The topological polar surface area (TPSA) is 71.2 Å². The molecule has 5 rings (SSSR count). The van der Waals surface area contributed by atoms with Crippen LogP contribution >= 0.6 is 0 Å². The molecule has 7 heteroatoms. The summed E-state index contributed by atoms with van der Waals surface area (Å²) in [6, 6.07) is 2.17. The molecular formula is C21H30N6O. The van der Waals surface area contributed by atoms with Crippen LogP contribution in [0.4, 0.5) is 5.82 Å². The molecule has 0 bridgehead atoms. The molecule has 2 aromatic rings. The lowest BCUT2D eigenvalue weighted by atomic mass is 9.85. The van der Waals surface area contributed by atoms with Crippen LogP contribution in [0.1, 0.15) is 63.4 Å². The minimum Gasteiger partial charge on any atom is -0.356 e. The zero-order valence-corrected chi connectivity index (χ0v) is 17.1. The van der Waals surface area contributed by atoms with Crippen molar-refractivity contribution in [3.63, 3.8) is 0 Å². The number of fused-ring (bicyclic) bond motifs is 1. The number of likely N-dealkylation sites (tertiary alicyclic amines) is 1. The molecule has 28 heavy (non-hydrogen) atoms. The van der Waals surface area contributed by atoms with Gasteiger partial charge in [-0.1, -0.05) is 32.3 Å². The molecule has 3 aliphatic rings. The minimum absolute atomic E-state index is 0.0486. The first-order chi connectivity index (χ1) is 13.5. The van der Waals surface area contributed by atoms with Crippen molar-refractivity contribution < 1.29 is 4.52 Å². The van der Waals surface area contributed by atoms with Crippen LogP contribution in [-0.2, 0) is 12.0 Å². The van der Waals surface area contributed by atoms with Gasteiger partial charge in [0.15, 0.2) is 5.82 Å². The summed E-state index contributed by atoms with van der Waals surface area (Å²) < 4.78 is 5.48. The molecule has 4 heterocycles. The third kappa shape index (κ3) is 3.41. The highest BCUT2D eigenvalue weighted by molar-refractivity contribution is 5.42. The van der Waals surface area contributed by atoms with E-state index >= 15 is 0 Å². The van der Waals surface area contributed by atoms with Crippen molar-refractivity contribution >= 4 is 5.82 Å². The van der Waals surface area contributed by atoms with Gasteiger partial charge in [-0.15, -0.1) is 0 Å². The molecule has 0 amide bonds. The number of nitrogens with zero attached hydrogens (tertiary/aromatic N) is 6. The number of hydrogen-bond acceptors (Lipinski definition) is 7. The van der Waals surface area contributed by atoms with E-state index in [1.807, 2.05) is 0 Å². The van der Waals surface area contributed by atoms with Crippen molar-refractivity contribution in [2.75, 3.05) is 31.1 Å². The number of hydrogen-bond donors (Lipinski definition) is 0. The van der Waals surface area contributed by atoms with Gasteiger partial charge in [0.05, 0.1) is 12.2 Å². The second kappa shape index (κ2) is 6.79. The summed E-state index contributed by atoms with van der Waals surface area (Å²) in [5, 5.41) is 4.22. The highest BCUT2D eigenvalue weighted by atomic mass is 16.5. The molecule has 0 aromatic carbocycles.